The summed E-state index contributed by atoms with van der Waals surface area (Å²) in [7, 11) is 0. The summed E-state index contributed by atoms with van der Waals surface area (Å²) in [6.07, 6.45) is 0. The summed E-state index contributed by atoms with van der Waals surface area (Å²) in [6, 6.07) is 8.30. The SMILES string of the molecule is NO.O=C(O)c1ccccc1. The molecule has 0 fully saturated rings. The average molecular weight is 155 g/mol. The molecule has 1 aromatic rings. The highest BCUT2D eigenvalue weighted by molar-refractivity contribution is 5.87. The number of benzene rings is 1. The van der Waals surface area contributed by atoms with Crippen LogP contribution in [0.1, 0.15) is 10.4 Å². The Labute approximate surface area is 63.8 Å². The van der Waals surface area contributed by atoms with E-state index in [2.05, 4.69) is 5.90 Å². The predicted molar refractivity (Wildman–Crippen MR) is 39.4 cm³/mol. The van der Waals surface area contributed by atoms with Gasteiger partial charge in [-0.15, -0.1) is 0 Å². The van der Waals surface area contributed by atoms with Crippen molar-refractivity contribution in [3.05, 3.63) is 35.9 Å². The summed E-state index contributed by atoms with van der Waals surface area (Å²) >= 11 is 0. The highest BCUT2D eigenvalue weighted by atomic mass is 16.4. The second kappa shape index (κ2) is 5.40. The third-order valence-electron chi connectivity index (χ3n) is 1.02. The van der Waals surface area contributed by atoms with Gasteiger partial charge in [-0.1, -0.05) is 18.2 Å². The molecule has 60 valence electrons. The van der Waals surface area contributed by atoms with E-state index in [0.29, 0.717) is 5.56 Å². The van der Waals surface area contributed by atoms with E-state index in [-0.39, 0.29) is 0 Å². The van der Waals surface area contributed by atoms with Gasteiger partial charge in [-0.2, -0.15) is 0 Å². The molecule has 0 bridgehead atoms. The Bertz CT molecular complexity index is 210. The highest BCUT2D eigenvalue weighted by Crippen LogP contribution is 1.96. The Morgan fingerprint density at radius 2 is 1.64 bits per heavy atom. The van der Waals surface area contributed by atoms with Gasteiger partial charge in [-0.05, 0) is 12.1 Å². The summed E-state index contributed by atoms with van der Waals surface area (Å²) in [5.41, 5.74) is 0.331. The number of nitrogens with two attached hydrogens (primary N) is 1. The van der Waals surface area contributed by atoms with Crippen LogP contribution in [-0.4, -0.2) is 16.3 Å². The number of hydrogen-bond acceptors (Lipinski definition) is 3. The van der Waals surface area contributed by atoms with Crippen molar-refractivity contribution in [3.63, 3.8) is 0 Å². The number of rotatable bonds is 1. The van der Waals surface area contributed by atoms with Gasteiger partial charge >= 0.3 is 5.97 Å². The lowest BCUT2D eigenvalue weighted by Crippen LogP contribution is -1.93. The van der Waals surface area contributed by atoms with Crippen LogP contribution < -0.4 is 5.90 Å². The zero-order chi connectivity index (χ0) is 8.69. The number of carboxylic acids is 1. The normalized spacial score (nSPS) is 7.82. The standard InChI is InChI=1S/C7H6O2.H3NO/c8-7(9)6-4-2-1-3-5-6;1-2/h1-5H,(H,8,9);2H,1H2. The van der Waals surface area contributed by atoms with Gasteiger partial charge in [0.05, 0.1) is 5.56 Å². The second-order valence-electron chi connectivity index (χ2n) is 1.67. The lowest BCUT2D eigenvalue weighted by molar-refractivity contribution is 0.0697. The molecule has 0 radical (unpaired) electrons. The Balaban J connectivity index is 0.000000461. The van der Waals surface area contributed by atoms with E-state index in [1.807, 2.05) is 0 Å². The van der Waals surface area contributed by atoms with Gasteiger partial charge in [0.15, 0.2) is 0 Å². The molecule has 0 aliphatic rings. The molecule has 0 saturated carbocycles. The quantitative estimate of drug-likeness (QED) is 0.522. The maximum absolute atomic E-state index is 10.2. The van der Waals surface area contributed by atoms with Crippen LogP contribution in [0.25, 0.3) is 0 Å². The molecule has 1 aromatic carbocycles. The second-order valence-corrected chi connectivity index (χ2v) is 1.67. The van der Waals surface area contributed by atoms with Gasteiger partial charge in [-0.25, -0.2) is 10.7 Å². The van der Waals surface area contributed by atoms with Crippen molar-refractivity contribution in [2.24, 2.45) is 5.90 Å². The number of aromatic carboxylic acids is 1. The maximum Gasteiger partial charge on any atom is 0.335 e. The summed E-state index contributed by atoms with van der Waals surface area (Å²) in [6.45, 7) is 0. The maximum atomic E-state index is 10.2. The Morgan fingerprint density at radius 3 is 1.91 bits per heavy atom. The minimum atomic E-state index is -0.879. The van der Waals surface area contributed by atoms with E-state index < -0.39 is 5.97 Å². The first-order valence-electron chi connectivity index (χ1n) is 2.85. The molecule has 0 aliphatic heterocycles. The molecule has 11 heavy (non-hydrogen) atoms. The summed E-state index contributed by atoms with van der Waals surface area (Å²) in [5.74, 6) is 2.62. The topological polar surface area (TPSA) is 83.5 Å². The van der Waals surface area contributed by atoms with E-state index in [1.54, 1.807) is 30.3 Å². The first-order valence-corrected chi connectivity index (χ1v) is 2.85. The van der Waals surface area contributed by atoms with Crippen molar-refractivity contribution in [2.45, 2.75) is 0 Å². The molecule has 0 saturated heterocycles. The molecule has 4 heteroatoms. The fourth-order valence-electron chi connectivity index (χ4n) is 0.581. The molecule has 0 spiro atoms. The Morgan fingerprint density at radius 1 is 1.18 bits per heavy atom. The van der Waals surface area contributed by atoms with Crippen LogP contribution in [0.4, 0.5) is 0 Å². The van der Waals surface area contributed by atoms with E-state index in [0.717, 1.165) is 0 Å². The average Bonchev–Trinajstić information content (AvgIpc) is 2.10. The summed E-state index contributed by atoms with van der Waals surface area (Å²) in [5, 5.41) is 14.9. The zero-order valence-electron chi connectivity index (χ0n) is 5.77. The molecule has 0 heterocycles. The van der Waals surface area contributed by atoms with Crippen molar-refractivity contribution in [1.29, 1.82) is 0 Å². The fraction of sp³-hybridized carbons (Fsp3) is 0. The van der Waals surface area contributed by atoms with Crippen LogP contribution >= 0.6 is 0 Å². The minimum Gasteiger partial charge on any atom is -0.478 e. The molecule has 4 nitrogen and oxygen atoms in total. The van der Waals surface area contributed by atoms with Crippen molar-refractivity contribution in [3.8, 4) is 0 Å². The number of carboxylic acid groups (broad SMARTS) is 1. The van der Waals surface area contributed by atoms with Crippen LogP contribution in [0.15, 0.2) is 30.3 Å². The first kappa shape index (κ1) is 9.61. The van der Waals surface area contributed by atoms with E-state index in [9.17, 15) is 4.79 Å². The molecule has 0 atom stereocenters. The van der Waals surface area contributed by atoms with Gasteiger partial charge in [0, 0.05) is 0 Å². The van der Waals surface area contributed by atoms with Crippen LogP contribution in [0, 0.1) is 0 Å². The molecule has 0 aromatic heterocycles. The lowest BCUT2D eigenvalue weighted by atomic mass is 10.2. The zero-order valence-corrected chi connectivity index (χ0v) is 5.77. The van der Waals surface area contributed by atoms with E-state index >= 15 is 0 Å². The van der Waals surface area contributed by atoms with Gasteiger partial charge in [0.2, 0.25) is 0 Å². The van der Waals surface area contributed by atoms with Crippen molar-refractivity contribution < 1.29 is 15.1 Å². The van der Waals surface area contributed by atoms with Crippen LogP contribution in [0.3, 0.4) is 0 Å². The molecular formula is C7H9NO3. The van der Waals surface area contributed by atoms with Crippen LogP contribution in [-0.2, 0) is 0 Å². The summed E-state index contributed by atoms with van der Waals surface area (Å²) < 4.78 is 0. The van der Waals surface area contributed by atoms with Crippen LogP contribution in [0.5, 0.6) is 0 Å². The Hall–Kier alpha value is -1.39. The molecule has 1 rings (SSSR count). The predicted octanol–water partition coefficient (Wildman–Crippen LogP) is 0.719. The molecule has 0 aliphatic carbocycles. The largest absolute Gasteiger partial charge is 0.478 e. The van der Waals surface area contributed by atoms with E-state index in [1.165, 1.54) is 0 Å². The first-order chi connectivity index (χ1) is 5.30. The van der Waals surface area contributed by atoms with Crippen molar-refractivity contribution in [1.82, 2.24) is 0 Å². The molecule has 0 unspecified atom stereocenters. The van der Waals surface area contributed by atoms with Gasteiger partial charge in [0.25, 0.3) is 0 Å². The van der Waals surface area contributed by atoms with E-state index in [4.69, 9.17) is 10.3 Å². The third-order valence-corrected chi connectivity index (χ3v) is 1.02. The Kier molecular flexibility index (Phi) is 4.72. The lowest BCUT2D eigenvalue weighted by Gasteiger charge is -1.88. The number of hydrogen-bond donors (Lipinski definition) is 3. The third kappa shape index (κ3) is 3.34. The molecule has 4 N–H and O–H groups in total. The molecule has 0 amide bonds. The monoisotopic (exact) mass is 155 g/mol. The van der Waals surface area contributed by atoms with Crippen LogP contribution in [0.2, 0.25) is 0 Å². The minimum absolute atomic E-state index is 0.331. The van der Waals surface area contributed by atoms with Gasteiger partial charge < -0.3 is 10.3 Å². The van der Waals surface area contributed by atoms with Gasteiger partial charge in [0.1, 0.15) is 0 Å². The highest BCUT2D eigenvalue weighted by Gasteiger charge is 1.96. The smallest absolute Gasteiger partial charge is 0.335 e. The van der Waals surface area contributed by atoms with Crippen molar-refractivity contribution in [2.75, 3.05) is 0 Å². The molecular weight excluding hydrogens is 146 g/mol. The van der Waals surface area contributed by atoms with Crippen molar-refractivity contribution >= 4 is 5.97 Å². The number of carbonyl (C=O) groups is 1. The van der Waals surface area contributed by atoms with Gasteiger partial charge in [-0.3, -0.25) is 0 Å². The fourth-order valence-corrected chi connectivity index (χ4v) is 0.581. The summed E-state index contributed by atoms with van der Waals surface area (Å²) in [4.78, 5) is 10.2.